The highest BCUT2D eigenvalue weighted by Gasteiger charge is 2.21. The normalized spacial score (nSPS) is 19.3. The largest absolute Gasteiger partial charge is 0.392 e. The second kappa shape index (κ2) is 7.92. The maximum atomic E-state index is 9.45. The first-order chi connectivity index (χ1) is 10.1. The average molecular weight is 294 g/mol. The Kier molecular flexibility index (Phi) is 6.21. The second-order valence-corrected chi connectivity index (χ2v) is 6.42. The Labute approximate surface area is 128 Å². The van der Waals surface area contributed by atoms with Crippen LogP contribution in [0.15, 0.2) is 12.4 Å². The lowest BCUT2D eigenvalue weighted by Gasteiger charge is -2.34. The van der Waals surface area contributed by atoms with Gasteiger partial charge in [-0.3, -0.25) is 4.90 Å². The van der Waals surface area contributed by atoms with E-state index in [0.717, 1.165) is 51.0 Å². The summed E-state index contributed by atoms with van der Waals surface area (Å²) in [7, 11) is 2.19. The molecule has 0 aromatic carbocycles. The fourth-order valence-corrected chi connectivity index (χ4v) is 3.25. The number of piperidine rings is 1. The Hall–Kier alpha value is -0.910. The summed E-state index contributed by atoms with van der Waals surface area (Å²) in [6, 6.07) is 0. The first-order valence-corrected chi connectivity index (χ1v) is 8.17. The monoisotopic (exact) mass is 294 g/mol. The van der Waals surface area contributed by atoms with Gasteiger partial charge in [-0.15, -0.1) is 0 Å². The molecule has 0 aliphatic carbocycles. The number of hydrogen-bond donors (Lipinski definition) is 1. The average Bonchev–Trinajstić information content (AvgIpc) is 2.87. The minimum atomic E-state index is -0.211. The highest BCUT2D eigenvalue weighted by Crippen LogP contribution is 2.18. The molecule has 0 saturated carbocycles. The van der Waals surface area contributed by atoms with Crippen LogP contribution in [0, 0.1) is 5.92 Å². The number of likely N-dealkylation sites (tertiary alicyclic amines) is 1. The van der Waals surface area contributed by atoms with Crippen molar-refractivity contribution >= 4 is 0 Å². The summed E-state index contributed by atoms with van der Waals surface area (Å²) in [5.74, 6) is 1.93. The van der Waals surface area contributed by atoms with E-state index in [9.17, 15) is 5.11 Å². The first kappa shape index (κ1) is 16.5. The molecule has 1 saturated heterocycles. The molecule has 0 unspecified atom stereocenters. The van der Waals surface area contributed by atoms with Gasteiger partial charge in [0.1, 0.15) is 5.82 Å². The molecule has 120 valence electrons. The van der Waals surface area contributed by atoms with Crippen molar-refractivity contribution in [2.24, 2.45) is 5.92 Å². The summed E-state index contributed by atoms with van der Waals surface area (Å²) in [6.45, 7) is 10.1. The number of hydrogen-bond acceptors (Lipinski definition) is 4. The number of nitrogens with zero attached hydrogens (tertiary/aromatic N) is 4. The van der Waals surface area contributed by atoms with Crippen LogP contribution in [0.2, 0.25) is 0 Å². The maximum Gasteiger partial charge on any atom is 0.122 e. The Bertz CT molecular complexity index is 410. The van der Waals surface area contributed by atoms with Crippen molar-refractivity contribution in [3.05, 3.63) is 18.2 Å². The van der Waals surface area contributed by atoms with E-state index in [-0.39, 0.29) is 6.10 Å². The van der Waals surface area contributed by atoms with Crippen LogP contribution in [0.1, 0.15) is 32.5 Å². The van der Waals surface area contributed by atoms with Gasteiger partial charge < -0.3 is 14.6 Å². The minimum absolute atomic E-state index is 0.211. The molecule has 21 heavy (non-hydrogen) atoms. The molecule has 1 aliphatic heterocycles. The van der Waals surface area contributed by atoms with Crippen LogP contribution in [0.3, 0.4) is 0 Å². The third kappa shape index (κ3) is 5.09. The van der Waals surface area contributed by atoms with Gasteiger partial charge >= 0.3 is 0 Å². The maximum absolute atomic E-state index is 9.45. The molecule has 2 heterocycles. The molecule has 1 N–H and O–H groups in total. The SMILES string of the molecule is CCn1ccnc1CN(C)CC1CCN(C[C@@H](C)O)CC1. The zero-order valence-electron chi connectivity index (χ0n) is 13.7. The molecule has 1 fully saturated rings. The predicted molar refractivity (Wildman–Crippen MR) is 85.1 cm³/mol. The highest BCUT2D eigenvalue weighted by atomic mass is 16.3. The van der Waals surface area contributed by atoms with E-state index in [1.165, 1.54) is 12.8 Å². The van der Waals surface area contributed by atoms with Gasteiger partial charge in [0.25, 0.3) is 0 Å². The zero-order valence-corrected chi connectivity index (χ0v) is 13.7. The van der Waals surface area contributed by atoms with Crippen LogP contribution in [-0.2, 0) is 13.1 Å². The van der Waals surface area contributed by atoms with Crippen molar-refractivity contribution in [2.45, 2.75) is 45.9 Å². The second-order valence-electron chi connectivity index (χ2n) is 6.42. The number of aliphatic hydroxyl groups excluding tert-OH is 1. The highest BCUT2D eigenvalue weighted by molar-refractivity contribution is 4.92. The fraction of sp³-hybridized carbons (Fsp3) is 0.812. The third-order valence-electron chi connectivity index (χ3n) is 4.35. The van der Waals surface area contributed by atoms with Crippen LogP contribution in [0.4, 0.5) is 0 Å². The van der Waals surface area contributed by atoms with Crippen molar-refractivity contribution in [1.82, 2.24) is 19.4 Å². The number of aliphatic hydroxyl groups is 1. The summed E-state index contributed by atoms with van der Waals surface area (Å²) in [5, 5.41) is 9.45. The lowest BCUT2D eigenvalue weighted by atomic mass is 9.96. The van der Waals surface area contributed by atoms with E-state index >= 15 is 0 Å². The number of rotatable bonds is 7. The molecule has 5 nitrogen and oxygen atoms in total. The number of imidazole rings is 1. The topological polar surface area (TPSA) is 44.5 Å². The fourth-order valence-electron chi connectivity index (χ4n) is 3.25. The zero-order chi connectivity index (χ0) is 15.2. The van der Waals surface area contributed by atoms with Crippen molar-refractivity contribution in [3.8, 4) is 0 Å². The number of aromatic nitrogens is 2. The lowest BCUT2D eigenvalue weighted by molar-refractivity contribution is 0.0916. The van der Waals surface area contributed by atoms with Crippen LogP contribution in [0.25, 0.3) is 0 Å². The molecule has 0 bridgehead atoms. The molecule has 1 atom stereocenters. The van der Waals surface area contributed by atoms with Crippen LogP contribution in [0.5, 0.6) is 0 Å². The Morgan fingerprint density at radius 2 is 2.14 bits per heavy atom. The van der Waals surface area contributed by atoms with Gasteiger partial charge in [-0.25, -0.2) is 4.98 Å². The van der Waals surface area contributed by atoms with Gasteiger partial charge in [0.05, 0.1) is 12.6 Å². The smallest absolute Gasteiger partial charge is 0.122 e. The van der Waals surface area contributed by atoms with Crippen LogP contribution < -0.4 is 0 Å². The Morgan fingerprint density at radius 1 is 1.43 bits per heavy atom. The van der Waals surface area contributed by atoms with Gasteiger partial charge in [0, 0.05) is 32.0 Å². The molecular weight excluding hydrogens is 264 g/mol. The van der Waals surface area contributed by atoms with Gasteiger partial charge in [0.15, 0.2) is 0 Å². The number of β-amino-alcohol motifs (C(OH)–C–C–N with tert-alkyl or cyclic N) is 1. The standard InChI is InChI=1S/C16H30N4O/c1-4-20-10-7-17-16(20)13-18(3)12-15-5-8-19(9-6-15)11-14(2)21/h7,10,14-15,21H,4-6,8-9,11-13H2,1-3H3/t14-/m1/s1. The summed E-state index contributed by atoms with van der Waals surface area (Å²) in [5.41, 5.74) is 0. The Balaban J connectivity index is 1.73. The quantitative estimate of drug-likeness (QED) is 0.826. The van der Waals surface area contributed by atoms with E-state index in [2.05, 4.69) is 39.5 Å². The van der Waals surface area contributed by atoms with E-state index in [1.54, 1.807) is 0 Å². The van der Waals surface area contributed by atoms with E-state index in [4.69, 9.17) is 0 Å². The Morgan fingerprint density at radius 3 is 2.76 bits per heavy atom. The van der Waals surface area contributed by atoms with Gasteiger partial charge in [-0.05, 0) is 52.7 Å². The summed E-state index contributed by atoms with van der Waals surface area (Å²) in [6.07, 6.45) is 6.20. The van der Waals surface area contributed by atoms with E-state index in [1.807, 2.05) is 13.1 Å². The molecule has 0 amide bonds. The molecule has 2 rings (SSSR count). The van der Waals surface area contributed by atoms with Gasteiger partial charge in [-0.2, -0.15) is 0 Å². The summed E-state index contributed by atoms with van der Waals surface area (Å²) < 4.78 is 2.21. The first-order valence-electron chi connectivity index (χ1n) is 8.17. The summed E-state index contributed by atoms with van der Waals surface area (Å²) >= 11 is 0. The van der Waals surface area contributed by atoms with Crippen molar-refractivity contribution in [1.29, 1.82) is 0 Å². The third-order valence-corrected chi connectivity index (χ3v) is 4.35. The van der Waals surface area contributed by atoms with E-state index < -0.39 is 0 Å². The predicted octanol–water partition coefficient (Wildman–Crippen LogP) is 1.43. The van der Waals surface area contributed by atoms with Gasteiger partial charge in [0.2, 0.25) is 0 Å². The number of aryl methyl sites for hydroxylation is 1. The molecule has 1 aromatic rings. The molecular formula is C16H30N4O. The van der Waals surface area contributed by atoms with Crippen molar-refractivity contribution in [2.75, 3.05) is 33.2 Å². The molecule has 0 radical (unpaired) electrons. The minimum Gasteiger partial charge on any atom is -0.392 e. The van der Waals surface area contributed by atoms with Gasteiger partial charge in [-0.1, -0.05) is 0 Å². The molecule has 1 aliphatic rings. The molecule has 5 heteroatoms. The van der Waals surface area contributed by atoms with E-state index in [0.29, 0.717) is 0 Å². The van der Waals surface area contributed by atoms with Crippen molar-refractivity contribution < 1.29 is 5.11 Å². The lowest BCUT2D eigenvalue weighted by Crippen LogP contribution is -2.40. The van der Waals surface area contributed by atoms with Crippen molar-refractivity contribution in [3.63, 3.8) is 0 Å². The van der Waals surface area contributed by atoms with Crippen LogP contribution in [-0.4, -0.2) is 63.8 Å². The summed E-state index contributed by atoms with van der Waals surface area (Å²) in [4.78, 5) is 9.22. The molecule has 0 spiro atoms. The van der Waals surface area contributed by atoms with Crippen LogP contribution >= 0.6 is 0 Å². The molecule has 1 aromatic heterocycles.